The Labute approximate surface area is 278 Å². The molecular weight excluding hydrogens is 583 g/mol. The number of pyridine rings is 1. The van der Waals surface area contributed by atoms with Crippen molar-refractivity contribution in [2.45, 2.75) is 0 Å². The maximum Gasteiger partial charge on any atom is 0.160 e. The standard InChI is InChI=1S/C45H29N3/c1-4-12-30(13-5-1)36-25-27-40-39(28-36)43-37-19-11-10-14-31(37)24-26-38(43)44(46-40)34-22-20-33(21-23-34)42-29-41(32-15-6-2-7-16-32)47-45(48-42)35-17-8-3-9-18-35/h1-29H. The maximum absolute atomic E-state index is 5.30. The fourth-order valence-electron chi connectivity index (χ4n) is 6.67. The number of hydrogen-bond donors (Lipinski definition) is 0. The number of nitrogens with zero attached hydrogens (tertiary/aromatic N) is 3. The summed E-state index contributed by atoms with van der Waals surface area (Å²) in [6.45, 7) is 0. The van der Waals surface area contributed by atoms with Crippen LogP contribution in [0, 0.1) is 0 Å². The molecule has 3 heteroatoms. The summed E-state index contributed by atoms with van der Waals surface area (Å²) in [5, 5.41) is 5.97. The minimum Gasteiger partial charge on any atom is -0.247 e. The third kappa shape index (κ3) is 4.99. The van der Waals surface area contributed by atoms with E-state index in [9.17, 15) is 0 Å². The van der Waals surface area contributed by atoms with Crippen molar-refractivity contribution in [3.8, 4) is 56.3 Å². The van der Waals surface area contributed by atoms with E-state index in [0.29, 0.717) is 5.82 Å². The Morgan fingerprint density at radius 2 is 0.875 bits per heavy atom. The summed E-state index contributed by atoms with van der Waals surface area (Å²) < 4.78 is 0. The first-order valence-corrected chi connectivity index (χ1v) is 16.2. The molecule has 0 radical (unpaired) electrons. The van der Waals surface area contributed by atoms with Crippen molar-refractivity contribution in [3.63, 3.8) is 0 Å². The van der Waals surface area contributed by atoms with Gasteiger partial charge < -0.3 is 0 Å². The average Bonchev–Trinajstić information content (AvgIpc) is 3.18. The fourth-order valence-corrected chi connectivity index (χ4v) is 6.67. The van der Waals surface area contributed by atoms with Gasteiger partial charge >= 0.3 is 0 Å². The predicted molar refractivity (Wildman–Crippen MR) is 200 cm³/mol. The molecule has 0 amide bonds. The van der Waals surface area contributed by atoms with Crippen LogP contribution in [0.15, 0.2) is 176 Å². The average molecular weight is 612 g/mol. The van der Waals surface area contributed by atoms with Gasteiger partial charge in [0.2, 0.25) is 0 Å². The topological polar surface area (TPSA) is 38.7 Å². The second-order valence-corrected chi connectivity index (χ2v) is 12.0. The van der Waals surface area contributed by atoms with Gasteiger partial charge in [-0.1, -0.05) is 158 Å². The molecule has 3 nitrogen and oxygen atoms in total. The summed E-state index contributed by atoms with van der Waals surface area (Å²) in [7, 11) is 0. The first-order chi connectivity index (χ1) is 23.8. The van der Waals surface area contributed by atoms with Crippen molar-refractivity contribution >= 4 is 32.4 Å². The zero-order chi connectivity index (χ0) is 31.9. The van der Waals surface area contributed by atoms with E-state index in [1.165, 1.54) is 27.3 Å². The van der Waals surface area contributed by atoms with Crippen LogP contribution in [0.2, 0.25) is 0 Å². The van der Waals surface area contributed by atoms with Gasteiger partial charge in [0.05, 0.1) is 22.6 Å². The van der Waals surface area contributed by atoms with Crippen molar-refractivity contribution in [2.24, 2.45) is 0 Å². The maximum atomic E-state index is 5.30. The van der Waals surface area contributed by atoms with Crippen LogP contribution in [-0.4, -0.2) is 15.0 Å². The van der Waals surface area contributed by atoms with E-state index in [1.54, 1.807) is 0 Å². The minimum absolute atomic E-state index is 0.708. The smallest absolute Gasteiger partial charge is 0.160 e. The van der Waals surface area contributed by atoms with Gasteiger partial charge in [-0.2, -0.15) is 0 Å². The van der Waals surface area contributed by atoms with Gasteiger partial charge in [-0.15, -0.1) is 0 Å². The number of aromatic nitrogens is 3. The molecule has 0 unspecified atom stereocenters. The lowest BCUT2D eigenvalue weighted by atomic mass is 9.93. The summed E-state index contributed by atoms with van der Waals surface area (Å²) in [6.07, 6.45) is 0. The van der Waals surface area contributed by atoms with E-state index in [2.05, 4.69) is 140 Å². The summed E-state index contributed by atoms with van der Waals surface area (Å²) in [5.41, 5.74) is 10.2. The Bertz CT molecular complexity index is 2520. The summed E-state index contributed by atoms with van der Waals surface area (Å²) in [5.74, 6) is 0.708. The summed E-state index contributed by atoms with van der Waals surface area (Å²) >= 11 is 0. The molecular formula is C45H29N3. The Morgan fingerprint density at radius 3 is 1.58 bits per heavy atom. The van der Waals surface area contributed by atoms with Gasteiger partial charge in [-0.3, -0.25) is 0 Å². The molecule has 224 valence electrons. The molecule has 0 bridgehead atoms. The molecule has 0 aliphatic rings. The lowest BCUT2D eigenvalue weighted by Crippen LogP contribution is -1.96. The van der Waals surface area contributed by atoms with Crippen LogP contribution in [-0.2, 0) is 0 Å². The molecule has 0 spiro atoms. The van der Waals surface area contributed by atoms with Gasteiger partial charge in [0.1, 0.15) is 0 Å². The Morgan fingerprint density at radius 1 is 0.312 bits per heavy atom. The largest absolute Gasteiger partial charge is 0.247 e. The van der Waals surface area contributed by atoms with E-state index in [4.69, 9.17) is 15.0 Å². The highest BCUT2D eigenvalue weighted by atomic mass is 14.9. The van der Waals surface area contributed by atoms with Crippen LogP contribution in [0.3, 0.4) is 0 Å². The molecule has 2 heterocycles. The van der Waals surface area contributed by atoms with E-state index in [0.717, 1.165) is 55.6 Å². The van der Waals surface area contributed by atoms with Crippen molar-refractivity contribution in [1.82, 2.24) is 15.0 Å². The lowest BCUT2D eigenvalue weighted by molar-refractivity contribution is 1.18. The zero-order valence-electron chi connectivity index (χ0n) is 26.1. The fraction of sp³-hybridized carbons (Fsp3) is 0. The molecule has 0 aliphatic heterocycles. The number of benzene rings is 7. The van der Waals surface area contributed by atoms with Gasteiger partial charge in [0.15, 0.2) is 5.82 Å². The van der Waals surface area contributed by atoms with Crippen LogP contribution in [0.25, 0.3) is 88.7 Å². The molecule has 0 atom stereocenters. The van der Waals surface area contributed by atoms with Gasteiger partial charge in [0.25, 0.3) is 0 Å². The molecule has 0 saturated heterocycles. The van der Waals surface area contributed by atoms with Crippen LogP contribution >= 0.6 is 0 Å². The predicted octanol–water partition coefficient (Wildman–Crippen LogP) is 11.7. The van der Waals surface area contributed by atoms with E-state index in [1.807, 2.05) is 36.4 Å². The number of fused-ring (bicyclic) bond motifs is 5. The molecule has 0 fully saturated rings. The second kappa shape index (κ2) is 11.7. The van der Waals surface area contributed by atoms with Crippen LogP contribution in [0.5, 0.6) is 0 Å². The van der Waals surface area contributed by atoms with Crippen LogP contribution in [0.1, 0.15) is 0 Å². The van der Waals surface area contributed by atoms with Gasteiger partial charge in [0, 0.05) is 38.4 Å². The van der Waals surface area contributed by atoms with Gasteiger partial charge in [-0.25, -0.2) is 15.0 Å². The molecule has 48 heavy (non-hydrogen) atoms. The summed E-state index contributed by atoms with van der Waals surface area (Å²) in [6, 6.07) is 61.4. The molecule has 0 aliphatic carbocycles. The van der Waals surface area contributed by atoms with E-state index >= 15 is 0 Å². The molecule has 9 rings (SSSR count). The van der Waals surface area contributed by atoms with E-state index < -0.39 is 0 Å². The van der Waals surface area contributed by atoms with Crippen molar-refractivity contribution in [2.75, 3.05) is 0 Å². The number of hydrogen-bond acceptors (Lipinski definition) is 3. The zero-order valence-corrected chi connectivity index (χ0v) is 26.1. The first-order valence-electron chi connectivity index (χ1n) is 16.2. The molecule has 9 aromatic rings. The Kier molecular flexibility index (Phi) is 6.80. The van der Waals surface area contributed by atoms with Crippen LogP contribution in [0.4, 0.5) is 0 Å². The highest BCUT2D eigenvalue weighted by Gasteiger charge is 2.15. The van der Waals surface area contributed by atoms with Crippen molar-refractivity contribution < 1.29 is 0 Å². The lowest BCUT2D eigenvalue weighted by Gasteiger charge is -2.14. The molecule has 0 N–H and O–H groups in total. The van der Waals surface area contributed by atoms with Crippen molar-refractivity contribution in [1.29, 1.82) is 0 Å². The molecule has 0 saturated carbocycles. The highest BCUT2D eigenvalue weighted by molar-refractivity contribution is 6.22. The SMILES string of the molecule is c1ccc(-c2ccc3nc(-c4ccc(-c5cc(-c6ccccc6)nc(-c6ccccc6)n5)cc4)c4ccc5ccccc5c4c3c2)cc1. The third-order valence-electron chi connectivity index (χ3n) is 9.07. The molecule has 7 aromatic carbocycles. The van der Waals surface area contributed by atoms with E-state index in [-0.39, 0.29) is 0 Å². The first kappa shape index (κ1) is 27.8. The van der Waals surface area contributed by atoms with Crippen molar-refractivity contribution in [3.05, 3.63) is 176 Å². The van der Waals surface area contributed by atoms with Crippen LogP contribution < -0.4 is 0 Å². The number of rotatable bonds is 5. The molecule has 2 aromatic heterocycles. The normalized spacial score (nSPS) is 11.3. The Hall–Kier alpha value is -6.45. The van der Waals surface area contributed by atoms with Gasteiger partial charge in [-0.05, 0) is 40.1 Å². The summed E-state index contributed by atoms with van der Waals surface area (Å²) in [4.78, 5) is 15.3. The second-order valence-electron chi connectivity index (χ2n) is 12.0. The minimum atomic E-state index is 0.708. The Balaban J connectivity index is 1.20. The highest BCUT2D eigenvalue weighted by Crippen LogP contribution is 2.39. The quantitative estimate of drug-likeness (QED) is 0.182. The third-order valence-corrected chi connectivity index (χ3v) is 9.07. The monoisotopic (exact) mass is 611 g/mol.